The Bertz CT molecular complexity index is 657. The first-order chi connectivity index (χ1) is 11.1. The first-order valence-corrected chi connectivity index (χ1v) is 8.21. The van der Waals surface area contributed by atoms with Crippen LogP contribution in [0, 0.1) is 13.8 Å². The average molecular weight is 312 g/mol. The summed E-state index contributed by atoms with van der Waals surface area (Å²) in [6, 6.07) is 11.6. The van der Waals surface area contributed by atoms with Gasteiger partial charge < -0.3 is 4.90 Å². The van der Waals surface area contributed by atoms with Gasteiger partial charge in [0.25, 0.3) is 5.91 Å². The second-order valence-corrected chi connectivity index (χ2v) is 6.15. The number of piperazine rings is 1. The number of nitrogens with zero attached hydrogens (tertiary/aromatic N) is 4. The number of hydrogen-bond donors (Lipinski definition) is 0. The Hall–Kier alpha value is -2.14. The van der Waals surface area contributed by atoms with Gasteiger partial charge in [-0.25, -0.2) is 0 Å². The number of benzene rings is 1. The van der Waals surface area contributed by atoms with Gasteiger partial charge in [0, 0.05) is 44.0 Å². The van der Waals surface area contributed by atoms with Gasteiger partial charge in [-0.15, -0.1) is 0 Å². The Balaban J connectivity index is 1.49. The minimum atomic E-state index is 0.142. The van der Waals surface area contributed by atoms with E-state index >= 15 is 0 Å². The third-order valence-corrected chi connectivity index (χ3v) is 4.41. The molecule has 0 spiro atoms. The molecule has 0 aliphatic carbocycles. The van der Waals surface area contributed by atoms with Crippen LogP contribution in [0.1, 0.15) is 21.7 Å². The Morgan fingerprint density at radius 1 is 1.04 bits per heavy atom. The molecule has 0 radical (unpaired) electrons. The van der Waals surface area contributed by atoms with E-state index in [1.807, 2.05) is 42.2 Å². The van der Waals surface area contributed by atoms with E-state index in [0.29, 0.717) is 0 Å². The number of hydrogen-bond acceptors (Lipinski definition) is 3. The van der Waals surface area contributed by atoms with E-state index in [0.717, 1.165) is 50.5 Å². The molecule has 0 bridgehead atoms. The predicted molar refractivity (Wildman–Crippen MR) is 90.5 cm³/mol. The molecular weight excluding hydrogens is 288 g/mol. The van der Waals surface area contributed by atoms with E-state index in [1.165, 1.54) is 5.69 Å². The summed E-state index contributed by atoms with van der Waals surface area (Å²) < 4.78 is 2.07. The lowest BCUT2D eigenvalue weighted by Crippen LogP contribution is -2.49. The number of aromatic nitrogens is 2. The molecule has 122 valence electrons. The molecule has 1 aromatic carbocycles. The van der Waals surface area contributed by atoms with E-state index in [9.17, 15) is 4.79 Å². The molecule has 1 saturated heterocycles. The van der Waals surface area contributed by atoms with Crippen molar-refractivity contribution in [3.05, 3.63) is 53.3 Å². The fraction of sp³-hybridized carbons (Fsp3) is 0.444. The standard InChI is InChI=1S/C18H24N4O/c1-15-14-16(2)22(19-15)13-10-20-8-11-21(12-9-20)18(23)17-6-4-3-5-7-17/h3-7,14H,8-13H2,1-2H3. The molecule has 2 aromatic rings. The second kappa shape index (κ2) is 6.96. The number of carbonyl (C=O) groups is 1. The maximum Gasteiger partial charge on any atom is 0.253 e. The summed E-state index contributed by atoms with van der Waals surface area (Å²) in [6.45, 7) is 9.46. The van der Waals surface area contributed by atoms with Gasteiger partial charge in [0.05, 0.1) is 12.2 Å². The first kappa shape index (κ1) is 15.7. The quantitative estimate of drug-likeness (QED) is 0.866. The summed E-state index contributed by atoms with van der Waals surface area (Å²) in [6.07, 6.45) is 0. The average Bonchev–Trinajstić information content (AvgIpc) is 2.91. The van der Waals surface area contributed by atoms with Crippen LogP contribution in [0.15, 0.2) is 36.4 Å². The fourth-order valence-electron chi connectivity index (χ4n) is 3.08. The molecule has 1 amide bonds. The van der Waals surface area contributed by atoms with Crippen LogP contribution in [0.2, 0.25) is 0 Å². The summed E-state index contributed by atoms with van der Waals surface area (Å²) in [7, 11) is 0. The number of rotatable bonds is 4. The molecule has 3 rings (SSSR count). The van der Waals surface area contributed by atoms with Gasteiger partial charge in [0.15, 0.2) is 0 Å². The molecule has 23 heavy (non-hydrogen) atoms. The van der Waals surface area contributed by atoms with Crippen molar-refractivity contribution in [3.8, 4) is 0 Å². The van der Waals surface area contributed by atoms with Gasteiger partial charge in [0.2, 0.25) is 0 Å². The van der Waals surface area contributed by atoms with E-state index < -0.39 is 0 Å². The van der Waals surface area contributed by atoms with Crippen LogP contribution in [-0.4, -0.2) is 58.2 Å². The largest absolute Gasteiger partial charge is 0.336 e. The highest BCUT2D eigenvalue weighted by Gasteiger charge is 2.21. The highest BCUT2D eigenvalue weighted by Crippen LogP contribution is 2.09. The highest BCUT2D eigenvalue weighted by atomic mass is 16.2. The Morgan fingerprint density at radius 2 is 1.74 bits per heavy atom. The maximum absolute atomic E-state index is 12.4. The van der Waals surface area contributed by atoms with Crippen molar-refractivity contribution in [2.75, 3.05) is 32.7 Å². The van der Waals surface area contributed by atoms with Crippen LogP contribution in [0.3, 0.4) is 0 Å². The topological polar surface area (TPSA) is 41.4 Å². The molecular formula is C18H24N4O. The van der Waals surface area contributed by atoms with Crippen LogP contribution >= 0.6 is 0 Å². The molecule has 5 nitrogen and oxygen atoms in total. The number of amides is 1. The summed E-state index contributed by atoms with van der Waals surface area (Å²) >= 11 is 0. The van der Waals surface area contributed by atoms with Crippen molar-refractivity contribution >= 4 is 5.91 Å². The Kier molecular flexibility index (Phi) is 4.76. The zero-order chi connectivity index (χ0) is 16.2. The fourth-order valence-corrected chi connectivity index (χ4v) is 3.08. The molecule has 5 heteroatoms. The smallest absolute Gasteiger partial charge is 0.253 e. The summed E-state index contributed by atoms with van der Waals surface area (Å²) in [5, 5.41) is 4.50. The molecule has 1 aliphatic rings. The monoisotopic (exact) mass is 312 g/mol. The molecule has 0 unspecified atom stereocenters. The van der Waals surface area contributed by atoms with Crippen molar-refractivity contribution in [1.82, 2.24) is 19.6 Å². The predicted octanol–water partition coefficient (Wildman–Crippen LogP) is 1.96. The van der Waals surface area contributed by atoms with Crippen LogP contribution < -0.4 is 0 Å². The number of carbonyl (C=O) groups excluding carboxylic acids is 1. The van der Waals surface area contributed by atoms with Crippen molar-refractivity contribution < 1.29 is 4.79 Å². The van der Waals surface area contributed by atoms with E-state index in [4.69, 9.17) is 0 Å². The van der Waals surface area contributed by atoms with Crippen molar-refractivity contribution in [1.29, 1.82) is 0 Å². The van der Waals surface area contributed by atoms with Gasteiger partial charge >= 0.3 is 0 Å². The van der Waals surface area contributed by atoms with Crippen molar-refractivity contribution in [2.45, 2.75) is 20.4 Å². The summed E-state index contributed by atoms with van der Waals surface area (Å²) in [5.41, 5.74) is 3.06. The minimum Gasteiger partial charge on any atom is -0.336 e. The van der Waals surface area contributed by atoms with E-state index in [2.05, 4.69) is 27.7 Å². The normalized spacial score (nSPS) is 15.8. The van der Waals surface area contributed by atoms with Gasteiger partial charge in [-0.05, 0) is 32.0 Å². The zero-order valence-corrected chi connectivity index (χ0v) is 13.9. The van der Waals surface area contributed by atoms with Crippen LogP contribution in [-0.2, 0) is 6.54 Å². The number of aryl methyl sites for hydroxylation is 2. The lowest BCUT2D eigenvalue weighted by Gasteiger charge is -2.34. The zero-order valence-electron chi connectivity index (χ0n) is 13.9. The van der Waals surface area contributed by atoms with Gasteiger partial charge in [-0.3, -0.25) is 14.4 Å². The summed E-state index contributed by atoms with van der Waals surface area (Å²) in [4.78, 5) is 16.8. The summed E-state index contributed by atoms with van der Waals surface area (Å²) in [5.74, 6) is 0.142. The molecule has 0 N–H and O–H groups in total. The van der Waals surface area contributed by atoms with Crippen molar-refractivity contribution in [3.63, 3.8) is 0 Å². The molecule has 1 aromatic heterocycles. The third-order valence-electron chi connectivity index (χ3n) is 4.41. The van der Waals surface area contributed by atoms with Gasteiger partial charge in [0.1, 0.15) is 0 Å². The van der Waals surface area contributed by atoms with Crippen LogP contribution in [0.25, 0.3) is 0 Å². The van der Waals surface area contributed by atoms with E-state index in [1.54, 1.807) is 0 Å². The third kappa shape index (κ3) is 3.79. The van der Waals surface area contributed by atoms with Crippen molar-refractivity contribution in [2.24, 2.45) is 0 Å². The lowest BCUT2D eigenvalue weighted by molar-refractivity contribution is 0.0632. The SMILES string of the molecule is Cc1cc(C)n(CCN2CCN(C(=O)c3ccccc3)CC2)n1. The molecule has 1 aliphatic heterocycles. The molecule has 0 saturated carbocycles. The molecule has 2 heterocycles. The first-order valence-electron chi connectivity index (χ1n) is 8.21. The van der Waals surface area contributed by atoms with Crippen LogP contribution in [0.5, 0.6) is 0 Å². The highest BCUT2D eigenvalue weighted by molar-refractivity contribution is 5.94. The Labute approximate surface area is 137 Å². The minimum absolute atomic E-state index is 0.142. The maximum atomic E-state index is 12.4. The van der Waals surface area contributed by atoms with Gasteiger partial charge in [-0.2, -0.15) is 5.10 Å². The van der Waals surface area contributed by atoms with Crippen LogP contribution in [0.4, 0.5) is 0 Å². The molecule has 1 fully saturated rings. The second-order valence-electron chi connectivity index (χ2n) is 6.15. The van der Waals surface area contributed by atoms with E-state index in [-0.39, 0.29) is 5.91 Å². The van der Waals surface area contributed by atoms with Gasteiger partial charge in [-0.1, -0.05) is 18.2 Å². The Morgan fingerprint density at radius 3 is 2.35 bits per heavy atom. The molecule has 0 atom stereocenters. The lowest BCUT2D eigenvalue weighted by atomic mass is 10.2.